The van der Waals surface area contributed by atoms with Crippen LogP contribution in [0.1, 0.15) is 19.4 Å². The molecule has 0 aromatic heterocycles. The van der Waals surface area contributed by atoms with E-state index in [1.165, 1.54) is 6.07 Å². The fourth-order valence-corrected chi connectivity index (χ4v) is 2.62. The average Bonchev–Trinajstić information content (AvgIpc) is 2.28. The Labute approximate surface area is 107 Å². The van der Waals surface area contributed by atoms with Gasteiger partial charge in [0.15, 0.2) is 0 Å². The van der Waals surface area contributed by atoms with Gasteiger partial charge < -0.3 is 10.6 Å². The topological polar surface area (TPSA) is 29.3 Å². The Bertz CT molecular complexity index is 320. The molecule has 2 nitrogen and oxygen atoms in total. The quantitative estimate of drug-likeness (QED) is 0.601. The molecule has 96 valence electrons. The van der Waals surface area contributed by atoms with E-state index >= 15 is 0 Å². The van der Waals surface area contributed by atoms with Gasteiger partial charge in [0, 0.05) is 23.7 Å². The van der Waals surface area contributed by atoms with Crippen molar-refractivity contribution < 1.29 is 4.39 Å². The van der Waals surface area contributed by atoms with Crippen molar-refractivity contribution >= 4 is 17.4 Å². The van der Waals surface area contributed by atoms with Gasteiger partial charge in [0.05, 0.1) is 0 Å². The fraction of sp³-hybridized carbons (Fsp3) is 0.538. The first-order chi connectivity index (χ1) is 8.15. The van der Waals surface area contributed by atoms with Crippen molar-refractivity contribution in [3.63, 3.8) is 0 Å². The molecular weight excluding hydrogens is 235 g/mol. The number of thioether (sulfide) groups is 1. The Kier molecular flexibility index (Phi) is 6.37. The van der Waals surface area contributed by atoms with Gasteiger partial charge in [0.2, 0.25) is 0 Å². The molecule has 0 bridgehead atoms. The van der Waals surface area contributed by atoms with Gasteiger partial charge in [-0.3, -0.25) is 0 Å². The Morgan fingerprint density at radius 2 is 1.94 bits per heavy atom. The molecule has 0 atom stereocenters. The molecule has 0 spiro atoms. The Morgan fingerprint density at radius 3 is 2.53 bits per heavy atom. The van der Waals surface area contributed by atoms with Gasteiger partial charge >= 0.3 is 0 Å². The maximum Gasteiger partial charge on any atom is 0.125 e. The number of anilines is 1. The van der Waals surface area contributed by atoms with Crippen molar-refractivity contribution in [1.82, 2.24) is 4.90 Å². The van der Waals surface area contributed by atoms with Crippen molar-refractivity contribution in [3.8, 4) is 0 Å². The SMILES string of the molecule is CCN(CC)CCSCc1cc(N)cc(F)c1. The molecule has 4 heteroatoms. The number of hydrogen-bond acceptors (Lipinski definition) is 3. The summed E-state index contributed by atoms with van der Waals surface area (Å²) in [5, 5.41) is 0. The van der Waals surface area contributed by atoms with Crippen LogP contribution < -0.4 is 5.73 Å². The van der Waals surface area contributed by atoms with Crippen LogP contribution in [0.4, 0.5) is 10.1 Å². The Balaban J connectivity index is 2.31. The first-order valence-electron chi connectivity index (χ1n) is 6.00. The number of nitrogen functional groups attached to an aromatic ring is 1. The molecule has 0 aliphatic carbocycles. The number of rotatable bonds is 7. The summed E-state index contributed by atoms with van der Waals surface area (Å²) in [6, 6.07) is 4.75. The highest BCUT2D eigenvalue weighted by atomic mass is 32.2. The fourth-order valence-electron chi connectivity index (χ4n) is 1.68. The molecule has 1 aromatic rings. The summed E-state index contributed by atoms with van der Waals surface area (Å²) in [6.07, 6.45) is 0. The number of hydrogen-bond donors (Lipinski definition) is 1. The van der Waals surface area contributed by atoms with Crippen LogP contribution in [-0.4, -0.2) is 30.3 Å². The van der Waals surface area contributed by atoms with Crippen molar-refractivity contribution in [3.05, 3.63) is 29.6 Å². The van der Waals surface area contributed by atoms with Crippen molar-refractivity contribution in [2.75, 3.05) is 31.1 Å². The molecule has 0 saturated heterocycles. The van der Waals surface area contributed by atoms with Gasteiger partial charge in [-0.2, -0.15) is 11.8 Å². The maximum absolute atomic E-state index is 13.1. The summed E-state index contributed by atoms with van der Waals surface area (Å²) < 4.78 is 13.1. The van der Waals surface area contributed by atoms with E-state index < -0.39 is 0 Å². The molecule has 1 rings (SSSR count). The first-order valence-corrected chi connectivity index (χ1v) is 7.16. The summed E-state index contributed by atoms with van der Waals surface area (Å²) in [6.45, 7) is 7.60. The molecule has 0 radical (unpaired) electrons. The molecule has 0 saturated carbocycles. The molecule has 0 aliphatic heterocycles. The summed E-state index contributed by atoms with van der Waals surface area (Å²) in [4.78, 5) is 2.38. The smallest absolute Gasteiger partial charge is 0.125 e. The van der Waals surface area contributed by atoms with E-state index in [-0.39, 0.29) is 5.82 Å². The lowest BCUT2D eigenvalue weighted by Crippen LogP contribution is -2.25. The highest BCUT2D eigenvalue weighted by Crippen LogP contribution is 2.16. The standard InChI is InChI=1S/C13H21FN2S/c1-3-16(4-2)5-6-17-10-11-7-12(14)9-13(15)8-11/h7-9H,3-6,10,15H2,1-2H3. The van der Waals surface area contributed by atoms with Crippen LogP contribution in [0.5, 0.6) is 0 Å². The maximum atomic E-state index is 13.1. The second-order valence-corrected chi connectivity index (χ2v) is 5.08. The lowest BCUT2D eigenvalue weighted by Gasteiger charge is -2.17. The normalized spacial score (nSPS) is 11.1. The average molecular weight is 256 g/mol. The zero-order chi connectivity index (χ0) is 12.7. The largest absolute Gasteiger partial charge is 0.399 e. The highest BCUT2D eigenvalue weighted by Gasteiger charge is 2.01. The van der Waals surface area contributed by atoms with E-state index in [1.54, 1.807) is 6.07 Å². The van der Waals surface area contributed by atoms with Crippen LogP contribution >= 0.6 is 11.8 Å². The Hall–Kier alpha value is -0.740. The van der Waals surface area contributed by atoms with Gasteiger partial charge in [-0.15, -0.1) is 0 Å². The van der Waals surface area contributed by atoms with Gasteiger partial charge in [-0.05, 0) is 36.9 Å². The van der Waals surface area contributed by atoms with Gasteiger partial charge in [0.25, 0.3) is 0 Å². The molecule has 1 aromatic carbocycles. The summed E-state index contributed by atoms with van der Waals surface area (Å²) in [5.74, 6) is 1.64. The van der Waals surface area contributed by atoms with Crippen LogP contribution in [0.15, 0.2) is 18.2 Å². The van der Waals surface area contributed by atoms with Gasteiger partial charge in [0.1, 0.15) is 5.82 Å². The molecule has 0 amide bonds. The first kappa shape index (κ1) is 14.3. The van der Waals surface area contributed by atoms with Crippen molar-refractivity contribution in [2.45, 2.75) is 19.6 Å². The monoisotopic (exact) mass is 256 g/mol. The molecule has 0 fully saturated rings. The number of halogens is 1. The zero-order valence-corrected chi connectivity index (χ0v) is 11.4. The lowest BCUT2D eigenvalue weighted by molar-refractivity contribution is 0.324. The van der Waals surface area contributed by atoms with Crippen LogP contribution in [0.2, 0.25) is 0 Å². The van der Waals surface area contributed by atoms with E-state index in [4.69, 9.17) is 5.73 Å². The summed E-state index contributed by atoms with van der Waals surface area (Å²) >= 11 is 1.82. The molecule has 0 heterocycles. The van der Waals surface area contributed by atoms with E-state index in [1.807, 2.05) is 17.8 Å². The summed E-state index contributed by atoms with van der Waals surface area (Å²) in [7, 11) is 0. The minimum atomic E-state index is -0.246. The van der Waals surface area contributed by atoms with E-state index in [0.29, 0.717) is 5.69 Å². The molecule has 0 aliphatic rings. The van der Waals surface area contributed by atoms with Gasteiger partial charge in [-0.25, -0.2) is 4.39 Å². The van der Waals surface area contributed by atoms with Crippen LogP contribution in [0.25, 0.3) is 0 Å². The number of benzene rings is 1. The van der Waals surface area contributed by atoms with Crippen LogP contribution in [0, 0.1) is 5.82 Å². The minimum absolute atomic E-state index is 0.246. The lowest BCUT2D eigenvalue weighted by atomic mass is 10.2. The van der Waals surface area contributed by atoms with E-state index in [9.17, 15) is 4.39 Å². The number of nitrogens with zero attached hydrogens (tertiary/aromatic N) is 1. The molecule has 17 heavy (non-hydrogen) atoms. The highest BCUT2D eigenvalue weighted by molar-refractivity contribution is 7.98. The van der Waals surface area contributed by atoms with Crippen molar-refractivity contribution in [2.24, 2.45) is 0 Å². The summed E-state index contributed by atoms with van der Waals surface area (Å²) in [5.41, 5.74) is 7.07. The predicted octanol–water partition coefficient (Wildman–Crippen LogP) is 2.98. The second-order valence-electron chi connectivity index (χ2n) is 3.97. The zero-order valence-electron chi connectivity index (χ0n) is 10.6. The second kappa shape index (κ2) is 7.56. The Morgan fingerprint density at radius 1 is 1.24 bits per heavy atom. The van der Waals surface area contributed by atoms with E-state index in [2.05, 4.69) is 18.7 Å². The molecular formula is C13H21FN2S. The van der Waals surface area contributed by atoms with Crippen LogP contribution in [-0.2, 0) is 5.75 Å². The number of nitrogens with two attached hydrogens (primary N) is 1. The minimum Gasteiger partial charge on any atom is -0.399 e. The third-order valence-electron chi connectivity index (χ3n) is 2.69. The van der Waals surface area contributed by atoms with Gasteiger partial charge in [-0.1, -0.05) is 13.8 Å². The predicted molar refractivity (Wildman–Crippen MR) is 74.8 cm³/mol. The molecule has 2 N–H and O–H groups in total. The van der Waals surface area contributed by atoms with E-state index in [0.717, 1.165) is 36.7 Å². The third-order valence-corrected chi connectivity index (χ3v) is 3.70. The van der Waals surface area contributed by atoms with Crippen molar-refractivity contribution in [1.29, 1.82) is 0 Å². The van der Waals surface area contributed by atoms with Crippen LogP contribution in [0.3, 0.4) is 0 Å². The molecule has 0 unspecified atom stereocenters. The third kappa shape index (κ3) is 5.41.